The highest BCUT2D eigenvalue weighted by molar-refractivity contribution is 6.46. The number of unbranched alkanes of at least 4 members (excludes halogenated alkanes) is 2. The Balaban J connectivity index is 2.07. The highest BCUT2D eigenvalue weighted by Crippen LogP contribution is 2.42. The van der Waals surface area contributed by atoms with Crippen molar-refractivity contribution in [3.8, 4) is 17.2 Å². The number of ketones is 1. The zero-order valence-electron chi connectivity index (χ0n) is 21.4. The van der Waals surface area contributed by atoms with Gasteiger partial charge in [-0.1, -0.05) is 38.0 Å². The second-order valence-electron chi connectivity index (χ2n) is 8.54. The van der Waals surface area contributed by atoms with E-state index < -0.39 is 17.7 Å². The average molecular weight is 498 g/mol. The molecule has 0 aliphatic carbocycles. The van der Waals surface area contributed by atoms with Gasteiger partial charge < -0.3 is 29.0 Å². The quantitative estimate of drug-likeness (QED) is 0.185. The molecule has 8 heteroatoms. The molecule has 0 saturated carbocycles. The van der Waals surface area contributed by atoms with E-state index in [1.54, 1.807) is 56.7 Å². The Hall–Kier alpha value is -3.52. The molecule has 0 aromatic heterocycles. The number of nitrogens with zero attached hydrogens (tertiary/aromatic N) is 1. The molecule has 2 aromatic rings. The summed E-state index contributed by atoms with van der Waals surface area (Å²) in [6.07, 6.45) is 3.63. The van der Waals surface area contributed by atoms with Crippen molar-refractivity contribution in [3.05, 3.63) is 59.2 Å². The lowest BCUT2D eigenvalue weighted by Gasteiger charge is -2.26. The van der Waals surface area contributed by atoms with E-state index in [-0.39, 0.29) is 17.9 Å². The number of hydrogen-bond acceptors (Lipinski definition) is 7. The van der Waals surface area contributed by atoms with Crippen molar-refractivity contribution in [2.45, 2.75) is 38.6 Å². The van der Waals surface area contributed by atoms with Crippen LogP contribution in [-0.2, 0) is 14.3 Å². The molecule has 194 valence electrons. The maximum atomic E-state index is 13.2. The molecule has 1 N–H and O–H groups in total. The molecule has 8 nitrogen and oxygen atoms in total. The van der Waals surface area contributed by atoms with Crippen molar-refractivity contribution in [1.82, 2.24) is 4.90 Å². The van der Waals surface area contributed by atoms with Crippen LogP contribution in [0.2, 0.25) is 0 Å². The molecule has 1 fully saturated rings. The molecule has 0 spiro atoms. The maximum Gasteiger partial charge on any atom is 0.295 e. The summed E-state index contributed by atoms with van der Waals surface area (Å²) in [4.78, 5) is 27.8. The molecular weight excluding hydrogens is 462 g/mol. The lowest BCUT2D eigenvalue weighted by Crippen LogP contribution is -2.31. The van der Waals surface area contributed by atoms with Crippen LogP contribution in [0.15, 0.2) is 48.0 Å². The first-order valence-electron chi connectivity index (χ1n) is 12.2. The monoisotopic (exact) mass is 497 g/mol. The van der Waals surface area contributed by atoms with Crippen molar-refractivity contribution < 1.29 is 33.6 Å². The Morgan fingerprint density at radius 1 is 0.944 bits per heavy atom. The van der Waals surface area contributed by atoms with E-state index in [0.29, 0.717) is 48.0 Å². The van der Waals surface area contributed by atoms with Gasteiger partial charge in [0.2, 0.25) is 0 Å². The van der Waals surface area contributed by atoms with Gasteiger partial charge in [0, 0.05) is 25.8 Å². The van der Waals surface area contributed by atoms with E-state index in [1.807, 2.05) is 0 Å². The number of likely N-dealkylation sites (tertiary alicyclic amines) is 1. The number of ether oxygens (including phenoxy) is 4. The number of carbonyl (C=O) groups excluding carboxylic acids is 2. The summed E-state index contributed by atoms with van der Waals surface area (Å²) in [6, 6.07) is 11.3. The third-order valence-corrected chi connectivity index (χ3v) is 6.14. The summed E-state index contributed by atoms with van der Waals surface area (Å²) in [6.45, 7) is 3.41. The zero-order chi connectivity index (χ0) is 26.1. The van der Waals surface area contributed by atoms with Crippen LogP contribution in [-0.4, -0.2) is 62.8 Å². The number of Topliss-reactive ketones (excluding diaryl/α,β-unsaturated/α-hetero) is 1. The van der Waals surface area contributed by atoms with Gasteiger partial charge in [-0.15, -0.1) is 0 Å². The fourth-order valence-electron chi connectivity index (χ4n) is 4.27. The van der Waals surface area contributed by atoms with Crippen LogP contribution in [0.3, 0.4) is 0 Å². The first-order valence-corrected chi connectivity index (χ1v) is 12.2. The molecular formula is C28H35NO7. The number of carbonyl (C=O) groups is 2. The fraction of sp³-hybridized carbons (Fsp3) is 0.429. The second-order valence-corrected chi connectivity index (χ2v) is 8.54. The standard InChI is InChI=1S/C28H35NO7/c1-5-6-7-16-36-22-13-12-19(18-23(22)35-4)25-24(26(30)20-10-8-11-21(17-20)34-3)27(31)28(32)29(25)14-9-15-33-2/h8,10-13,17-18,25,30H,5-7,9,14-16H2,1-4H3. The largest absolute Gasteiger partial charge is 0.507 e. The molecule has 1 heterocycles. The first kappa shape index (κ1) is 27.1. The highest BCUT2D eigenvalue weighted by Gasteiger charge is 2.46. The van der Waals surface area contributed by atoms with Gasteiger partial charge in [-0.25, -0.2) is 0 Å². The van der Waals surface area contributed by atoms with Gasteiger partial charge in [-0.3, -0.25) is 9.59 Å². The van der Waals surface area contributed by atoms with Gasteiger partial charge in [0.05, 0.1) is 32.4 Å². The van der Waals surface area contributed by atoms with E-state index in [0.717, 1.165) is 19.3 Å². The van der Waals surface area contributed by atoms with Crippen LogP contribution in [0, 0.1) is 0 Å². The lowest BCUT2D eigenvalue weighted by molar-refractivity contribution is -0.140. The van der Waals surface area contributed by atoms with E-state index in [2.05, 4.69) is 6.92 Å². The minimum atomic E-state index is -0.795. The molecule has 1 aliphatic heterocycles. The molecule has 0 radical (unpaired) electrons. The molecule has 2 aromatic carbocycles. The summed E-state index contributed by atoms with van der Waals surface area (Å²) in [5.41, 5.74) is 1.04. The van der Waals surface area contributed by atoms with E-state index in [4.69, 9.17) is 18.9 Å². The maximum absolute atomic E-state index is 13.2. The normalized spacial score (nSPS) is 16.9. The van der Waals surface area contributed by atoms with E-state index in [9.17, 15) is 14.7 Å². The number of hydrogen-bond donors (Lipinski definition) is 1. The van der Waals surface area contributed by atoms with Crippen LogP contribution >= 0.6 is 0 Å². The van der Waals surface area contributed by atoms with Crippen molar-refractivity contribution in [3.63, 3.8) is 0 Å². The number of aliphatic hydroxyl groups excluding tert-OH is 1. The zero-order valence-corrected chi connectivity index (χ0v) is 21.4. The van der Waals surface area contributed by atoms with E-state index >= 15 is 0 Å². The fourth-order valence-corrected chi connectivity index (χ4v) is 4.27. The molecule has 1 amide bonds. The predicted octanol–water partition coefficient (Wildman–Crippen LogP) is 4.73. The third-order valence-electron chi connectivity index (χ3n) is 6.14. The number of methoxy groups -OCH3 is 3. The van der Waals surface area contributed by atoms with Crippen molar-refractivity contribution >= 4 is 17.4 Å². The van der Waals surface area contributed by atoms with Crippen LogP contribution in [0.1, 0.15) is 49.8 Å². The number of aliphatic hydroxyl groups is 1. The van der Waals surface area contributed by atoms with Gasteiger partial charge in [0.15, 0.2) is 11.5 Å². The summed E-state index contributed by atoms with van der Waals surface area (Å²) in [7, 11) is 4.65. The molecule has 3 rings (SSSR count). The van der Waals surface area contributed by atoms with Crippen molar-refractivity contribution in [1.29, 1.82) is 0 Å². The van der Waals surface area contributed by atoms with Crippen molar-refractivity contribution in [2.75, 3.05) is 41.1 Å². The van der Waals surface area contributed by atoms with Crippen LogP contribution in [0.25, 0.3) is 5.76 Å². The molecule has 1 aliphatic rings. The minimum absolute atomic E-state index is 0.0179. The van der Waals surface area contributed by atoms with Crippen LogP contribution < -0.4 is 14.2 Å². The Bertz CT molecular complexity index is 1100. The summed E-state index contributed by atoms with van der Waals surface area (Å²) in [5, 5.41) is 11.2. The lowest BCUT2D eigenvalue weighted by atomic mass is 9.95. The topological polar surface area (TPSA) is 94.5 Å². The van der Waals surface area contributed by atoms with Gasteiger partial charge >= 0.3 is 0 Å². The minimum Gasteiger partial charge on any atom is -0.507 e. The highest BCUT2D eigenvalue weighted by atomic mass is 16.5. The summed E-state index contributed by atoms with van der Waals surface area (Å²) >= 11 is 0. The van der Waals surface area contributed by atoms with E-state index in [1.165, 1.54) is 12.0 Å². The smallest absolute Gasteiger partial charge is 0.295 e. The summed E-state index contributed by atoms with van der Waals surface area (Å²) < 4.78 is 21.9. The van der Waals surface area contributed by atoms with Gasteiger partial charge in [-0.05, 0) is 42.7 Å². The predicted molar refractivity (Wildman–Crippen MR) is 137 cm³/mol. The third kappa shape index (κ3) is 5.99. The molecule has 1 atom stereocenters. The number of benzene rings is 2. The van der Waals surface area contributed by atoms with Gasteiger partial charge in [-0.2, -0.15) is 0 Å². The number of amides is 1. The Morgan fingerprint density at radius 2 is 1.75 bits per heavy atom. The SMILES string of the molecule is CCCCCOc1ccc(C2C(=C(O)c3cccc(OC)c3)C(=O)C(=O)N2CCCOC)cc1OC. The Labute approximate surface area is 212 Å². The first-order chi connectivity index (χ1) is 17.5. The Kier molecular flexibility index (Phi) is 9.76. The molecule has 1 saturated heterocycles. The Morgan fingerprint density at radius 3 is 2.44 bits per heavy atom. The summed E-state index contributed by atoms with van der Waals surface area (Å²) in [5.74, 6) is -0.0631. The molecule has 36 heavy (non-hydrogen) atoms. The molecule has 0 bridgehead atoms. The van der Waals surface area contributed by atoms with Crippen molar-refractivity contribution in [2.24, 2.45) is 0 Å². The van der Waals surface area contributed by atoms with Crippen LogP contribution in [0.5, 0.6) is 17.2 Å². The van der Waals surface area contributed by atoms with Crippen LogP contribution in [0.4, 0.5) is 0 Å². The second kappa shape index (κ2) is 13.0. The van der Waals surface area contributed by atoms with Gasteiger partial charge in [0.1, 0.15) is 11.5 Å². The van der Waals surface area contributed by atoms with Gasteiger partial charge in [0.25, 0.3) is 11.7 Å². The molecule has 1 unspecified atom stereocenters. The average Bonchev–Trinajstić information content (AvgIpc) is 3.16. The number of rotatable bonds is 13.